The highest BCUT2D eigenvalue weighted by Crippen LogP contribution is 2.45. The van der Waals surface area contributed by atoms with E-state index in [1.807, 2.05) is 0 Å². The monoisotopic (exact) mass is 403 g/mol. The van der Waals surface area contributed by atoms with E-state index >= 15 is 0 Å². The van der Waals surface area contributed by atoms with E-state index in [1.165, 1.54) is 23.3 Å². The molecule has 1 saturated heterocycles. The van der Waals surface area contributed by atoms with Crippen molar-refractivity contribution in [2.24, 2.45) is 0 Å². The molecule has 2 aliphatic heterocycles. The lowest BCUT2D eigenvalue weighted by molar-refractivity contribution is -0.0498. The fraction of sp³-hybridized carbons (Fsp3) is 0.381. The van der Waals surface area contributed by atoms with Crippen molar-refractivity contribution in [1.29, 1.82) is 0 Å². The maximum absolute atomic E-state index is 12.3. The lowest BCUT2D eigenvalue weighted by atomic mass is 9.89. The maximum Gasteiger partial charge on any atom is 0.387 e. The van der Waals surface area contributed by atoms with Gasteiger partial charge in [0.15, 0.2) is 5.11 Å². The van der Waals surface area contributed by atoms with Crippen LogP contribution >= 0.6 is 12.2 Å². The van der Waals surface area contributed by atoms with Crippen LogP contribution in [0.1, 0.15) is 23.5 Å². The van der Waals surface area contributed by atoms with E-state index < -0.39 is 6.61 Å². The first-order valence-corrected chi connectivity index (χ1v) is 9.77. The van der Waals surface area contributed by atoms with Crippen LogP contribution < -0.4 is 15.0 Å². The second-order valence-corrected chi connectivity index (χ2v) is 7.88. The molecule has 0 amide bonds. The average molecular weight is 403 g/mol. The summed E-state index contributed by atoms with van der Waals surface area (Å²) in [6.07, 6.45) is 1.04. The molecular weight excluding hydrogens is 380 g/mol. The Morgan fingerprint density at radius 3 is 2.68 bits per heavy atom. The molecule has 1 fully saturated rings. The van der Waals surface area contributed by atoms with Crippen LogP contribution in [0.4, 0.5) is 20.2 Å². The number of benzene rings is 2. The number of alkyl halides is 2. The molecular formula is C21H23F2N3OS. The number of ether oxygens (including phenoxy) is 1. The quantitative estimate of drug-likeness (QED) is 0.756. The summed E-state index contributed by atoms with van der Waals surface area (Å²) in [5.74, 6) is 0.555. The molecule has 28 heavy (non-hydrogen) atoms. The fourth-order valence-electron chi connectivity index (χ4n) is 4.25. The van der Waals surface area contributed by atoms with Crippen LogP contribution in [0.25, 0.3) is 0 Å². The average Bonchev–Trinajstić information content (AvgIpc) is 2.96. The number of fused-ring (bicyclic) bond motifs is 3. The number of aryl methyl sites for hydroxylation is 1. The van der Waals surface area contributed by atoms with Gasteiger partial charge in [0, 0.05) is 29.9 Å². The molecule has 2 aromatic rings. The third-order valence-electron chi connectivity index (χ3n) is 5.50. The number of nitrogens with one attached hydrogen (secondary N) is 1. The Kier molecular flexibility index (Phi) is 5.21. The van der Waals surface area contributed by atoms with Gasteiger partial charge in [-0.3, -0.25) is 0 Å². The Bertz CT molecular complexity index is 874. The highest BCUT2D eigenvalue weighted by Gasteiger charge is 2.42. The fourth-order valence-corrected chi connectivity index (χ4v) is 4.60. The molecule has 148 valence electrons. The van der Waals surface area contributed by atoms with Gasteiger partial charge in [-0.25, -0.2) is 0 Å². The van der Waals surface area contributed by atoms with Gasteiger partial charge in [-0.2, -0.15) is 8.78 Å². The third-order valence-corrected chi connectivity index (χ3v) is 5.80. The highest BCUT2D eigenvalue weighted by atomic mass is 32.1. The molecule has 0 spiro atoms. The van der Waals surface area contributed by atoms with Gasteiger partial charge in [0.05, 0.1) is 0 Å². The van der Waals surface area contributed by atoms with Crippen molar-refractivity contribution >= 4 is 28.7 Å². The molecule has 4 nitrogen and oxygen atoms in total. The molecule has 2 aromatic carbocycles. The topological polar surface area (TPSA) is 27.7 Å². The van der Waals surface area contributed by atoms with Gasteiger partial charge in [-0.15, -0.1) is 0 Å². The largest absolute Gasteiger partial charge is 0.435 e. The molecule has 7 heteroatoms. The summed E-state index contributed by atoms with van der Waals surface area (Å²) in [5, 5.41) is 3.89. The van der Waals surface area contributed by atoms with Crippen molar-refractivity contribution in [2.45, 2.75) is 31.9 Å². The van der Waals surface area contributed by atoms with Crippen LogP contribution in [-0.2, 0) is 0 Å². The van der Waals surface area contributed by atoms with Crippen molar-refractivity contribution in [2.75, 3.05) is 30.4 Å². The smallest absolute Gasteiger partial charge is 0.387 e. The number of rotatable bonds is 3. The van der Waals surface area contributed by atoms with Gasteiger partial charge in [-0.05, 0) is 75.1 Å². The molecule has 0 bridgehead atoms. The van der Waals surface area contributed by atoms with Gasteiger partial charge >= 0.3 is 6.61 Å². The van der Waals surface area contributed by atoms with Crippen molar-refractivity contribution in [3.63, 3.8) is 0 Å². The highest BCUT2D eigenvalue weighted by molar-refractivity contribution is 7.80. The van der Waals surface area contributed by atoms with Gasteiger partial charge < -0.3 is 19.9 Å². The first-order valence-electron chi connectivity index (χ1n) is 9.36. The molecule has 0 saturated carbocycles. The second-order valence-electron chi connectivity index (χ2n) is 7.49. The minimum Gasteiger partial charge on any atom is -0.435 e. The van der Waals surface area contributed by atoms with E-state index in [4.69, 9.17) is 12.2 Å². The van der Waals surface area contributed by atoms with Crippen LogP contribution in [0.2, 0.25) is 0 Å². The van der Waals surface area contributed by atoms with Crippen LogP contribution in [0.15, 0.2) is 42.5 Å². The van der Waals surface area contributed by atoms with Crippen LogP contribution in [-0.4, -0.2) is 42.8 Å². The predicted octanol–water partition coefficient (Wildman–Crippen LogP) is 4.60. The SMILES string of the molecule is Cc1ccc2c(c1)[C@@H]1CN(C)CC[C@@H]1N2C(=S)Nc1ccc(OC(F)F)cc1. The normalized spacial score (nSPS) is 21.4. The summed E-state index contributed by atoms with van der Waals surface area (Å²) in [5.41, 5.74) is 4.50. The van der Waals surface area contributed by atoms with Crippen LogP contribution in [0, 0.1) is 6.92 Å². The Labute approximate surface area is 169 Å². The Morgan fingerprint density at radius 2 is 1.96 bits per heavy atom. The maximum atomic E-state index is 12.3. The van der Waals surface area contributed by atoms with Gasteiger partial charge in [-0.1, -0.05) is 17.7 Å². The number of hydrogen-bond acceptors (Lipinski definition) is 3. The molecule has 2 heterocycles. The molecule has 0 aromatic heterocycles. The lowest BCUT2D eigenvalue weighted by Crippen LogP contribution is -2.48. The number of anilines is 2. The number of thiocarbonyl (C=S) groups is 1. The summed E-state index contributed by atoms with van der Waals surface area (Å²) < 4.78 is 29.0. The number of hydrogen-bond donors (Lipinski definition) is 1. The first kappa shape index (κ1) is 19.1. The summed E-state index contributed by atoms with van der Waals surface area (Å²) in [6.45, 7) is 1.34. The number of likely N-dealkylation sites (N-methyl/N-ethyl adjacent to an activating group) is 1. The van der Waals surface area contributed by atoms with Gasteiger partial charge in [0.2, 0.25) is 0 Å². The van der Waals surface area contributed by atoms with E-state index in [1.54, 1.807) is 12.1 Å². The van der Waals surface area contributed by atoms with Crippen LogP contribution in [0.5, 0.6) is 5.75 Å². The summed E-state index contributed by atoms with van der Waals surface area (Å²) in [4.78, 5) is 4.60. The molecule has 2 atom stereocenters. The Balaban J connectivity index is 1.57. The number of nitrogens with zero attached hydrogens (tertiary/aromatic N) is 2. The molecule has 0 unspecified atom stereocenters. The minimum absolute atomic E-state index is 0.129. The summed E-state index contributed by atoms with van der Waals surface area (Å²) >= 11 is 5.76. The molecule has 0 radical (unpaired) electrons. The van der Waals surface area contributed by atoms with E-state index in [2.05, 4.69) is 52.0 Å². The summed E-state index contributed by atoms with van der Waals surface area (Å²) in [6, 6.07) is 13.3. The number of halogens is 2. The van der Waals surface area contributed by atoms with E-state index in [0.29, 0.717) is 17.1 Å². The Hall–Kier alpha value is -2.25. The third kappa shape index (κ3) is 3.69. The van der Waals surface area contributed by atoms with Gasteiger partial charge in [0.25, 0.3) is 0 Å². The predicted molar refractivity (Wildman–Crippen MR) is 112 cm³/mol. The summed E-state index contributed by atoms with van der Waals surface area (Å²) in [7, 11) is 2.16. The molecule has 1 N–H and O–H groups in total. The zero-order chi connectivity index (χ0) is 19.8. The van der Waals surface area contributed by atoms with Crippen LogP contribution in [0.3, 0.4) is 0 Å². The first-order chi connectivity index (χ1) is 13.4. The number of likely N-dealkylation sites (tertiary alicyclic amines) is 1. The molecule has 0 aliphatic carbocycles. The van der Waals surface area contributed by atoms with Crippen molar-refractivity contribution in [3.05, 3.63) is 53.6 Å². The zero-order valence-corrected chi connectivity index (χ0v) is 16.7. The van der Waals surface area contributed by atoms with E-state index in [0.717, 1.165) is 30.9 Å². The zero-order valence-electron chi connectivity index (χ0n) is 15.9. The second kappa shape index (κ2) is 7.64. The minimum atomic E-state index is -2.83. The van der Waals surface area contributed by atoms with E-state index in [9.17, 15) is 8.78 Å². The molecule has 2 aliphatic rings. The van der Waals surface area contributed by atoms with Crippen molar-refractivity contribution in [1.82, 2.24) is 4.90 Å². The molecule has 4 rings (SSSR count). The van der Waals surface area contributed by atoms with Gasteiger partial charge in [0.1, 0.15) is 5.75 Å². The Morgan fingerprint density at radius 1 is 1.21 bits per heavy atom. The number of piperidine rings is 1. The van der Waals surface area contributed by atoms with Crippen molar-refractivity contribution < 1.29 is 13.5 Å². The standard InChI is InChI=1S/C21H23F2N3OS/c1-13-3-8-18-16(11-13)17-12-25(2)10-9-19(17)26(18)21(28)24-14-4-6-15(7-5-14)27-20(22)23/h3-8,11,17,19-20H,9-10,12H2,1-2H3,(H,24,28)/t17-,19-/m0/s1. The van der Waals surface area contributed by atoms with Crippen molar-refractivity contribution in [3.8, 4) is 5.75 Å². The van der Waals surface area contributed by atoms with E-state index in [-0.39, 0.29) is 5.75 Å². The lowest BCUT2D eigenvalue weighted by Gasteiger charge is -2.37.